The maximum absolute atomic E-state index is 13.4. The lowest BCUT2D eigenvalue weighted by Crippen LogP contribution is -2.30. The molecule has 0 radical (unpaired) electrons. The summed E-state index contributed by atoms with van der Waals surface area (Å²) < 4.78 is 111. The number of rotatable bonds is 63. The molecule has 1 heterocycles. The van der Waals surface area contributed by atoms with E-state index in [0.717, 1.165) is 0 Å². The van der Waals surface area contributed by atoms with Crippen LogP contribution in [0.4, 0.5) is 0 Å². The Labute approximate surface area is 497 Å². The van der Waals surface area contributed by atoms with E-state index in [1.807, 2.05) is 0 Å². The molecule has 0 aliphatic heterocycles. The van der Waals surface area contributed by atoms with Gasteiger partial charge in [-0.15, -0.1) is 20.4 Å². The summed E-state index contributed by atoms with van der Waals surface area (Å²) in [6.07, 6.45) is -0.317. The van der Waals surface area contributed by atoms with Crippen molar-refractivity contribution < 1.29 is 119 Å². The predicted molar refractivity (Wildman–Crippen MR) is 300 cm³/mol. The van der Waals surface area contributed by atoms with Crippen molar-refractivity contribution in [1.82, 2.24) is 31.0 Å². The number of carboxylic acids is 2. The van der Waals surface area contributed by atoms with E-state index >= 15 is 0 Å². The van der Waals surface area contributed by atoms with Crippen LogP contribution in [-0.4, -0.2) is 292 Å². The minimum absolute atomic E-state index is 0.00857. The Bertz CT molecular complexity index is 1920. The molecule has 0 aliphatic rings. The van der Waals surface area contributed by atoms with E-state index in [9.17, 15) is 23.7 Å². The highest BCUT2D eigenvalue weighted by molar-refractivity contribution is 7.53. The van der Waals surface area contributed by atoms with Gasteiger partial charge >= 0.3 is 19.5 Å². The van der Waals surface area contributed by atoms with Crippen molar-refractivity contribution in [2.24, 2.45) is 0 Å². The van der Waals surface area contributed by atoms with Crippen molar-refractivity contribution in [3.05, 3.63) is 35.2 Å². The van der Waals surface area contributed by atoms with Crippen LogP contribution in [0.25, 0.3) is 11.4 Å². The average molecular weight is 1240 g/mol. The number of hydrogen-bond acceptors (Lipinski definition) is 27. The molecule has 0 unspecified atom stereocenters. The van der Waals surface area contributed by atoms with Crippen LogP contribution in [0, 0.1) is 0 Å². The van der Waals surface area contributed by atoms with Crippen LogP contribution in [-0.2, 0) is 105 Å². The molecular formula is C53H91N6O25P. The van der Waals surface area contributed by atoms with Crippen LogP contribution in [0.2, 0.25) is 0 Å². The van der Waals surface area contributed by atoms with E-state index in [1.54, 1.807) is 13.8 Å². The lowest BCUT2D eigenvalue weighted by molar-refractivity contribution is -0.139. The maximum atomic E-state index is 13.4. The van der Waals surface area contributed by atoms with E-state index in [1.165, 1.54) is 18.2 Å². The Morgan fingerprint density at radius 3 is 0.871 bits per heavy atom. The molecule has 2 aromatic rings. The number of ether oxygens (including phenoxy) is 16. The maximum Gasteiger partial charge on any atom is 0.338 e. The number of amides is 2. The number of aromatic nitrogens is 4. The summed E-state index contributed by atoms with van der Waals surface area (Å²) in [5.74, 6) is -2.75. The molecule has 0 spiro atoms. The van der Waals surface area contributed by atoms with Gasteiger partial charge in [0.2, 0.25) is 5.82 Å². The fourth-order valence-electron chi connectivity index (χ4n) is 6.42. The summed E-state index contributed by atoms with van der Waals surface area (Å²) in [6, 6.07) is 4.44. The Morgan fingerprint density at radius 2 is 0.624 bits per heavy atom. The third-order valence-electron chi connectivity index (χ3n) is 10.4. The topological polar surface area (TPSA) is 368 Å². The zero-order valence-electron chi connectivity index (χ0n) is 49.3. The minimum atomic E-state index is -3.54. The van der Waals surface area contributed by atoms with Gasteiger partial charge in [-0.3, -0.25) is 23.7 Å². The molecule has 2 rings (SSSR count). The van der Waals surface area contributed by atoms with E-state index < -0.39 is 31.3 Å². The molecule has 0 saturated carbocycles. The second-order valence-corrected chi connectivity index (χ2v) is 19.2. The van der Waals surface area contributed by atoms with E-state index in [2.05, 4.69) is 31.0 Å². The summed E-state index contributed by atoms with van der Waals surface area (Å²) >= 11 is 0. The summed E-state index contributed by atoms with van der Waals surface area (Å²) in [5.41, 5.74) is 0.549. The molecule has 0 atom stereocenters. The number of nitrogens with zero attached hydrogens (tertiary/aromatic N) is 4. The second kappa shape index (κ2) is 54.9. The molecule has 85 heavy (non-hydrogen) atoms. The van der Waals surface area contributed by atoms with Gasteiger partial charge in [0, 0.05) is 29.8 Å². The highest BCUT2D eigenvalue weighted by atomic mass is 31.2. The molecule has 2 amide bonds. The Balaban J connectivity index is 1.60. The zero-order chi connectivity index (χ0) is 61.4. The summed E-state index contributed by atoms with van der Waals surface area (Å²) in [4.78, 5) is 47.7. The lowest BCUT2D eigenvalue weighted by Gasteiger charge is -2.15. The molecule has 1 aromatic carbocycles. The van der Waals surface area contributed by atoms with Gasteiger partial charge in [0.05, 0.1) is 237 Å². The van der Waals surface area contributed by atoms with Crippen LogP contribution in [0.15, 0.2) is 18.2 Å². The first kappa shape index (κ1) is 76.6. The van der Waals surface area contributed by atoms with Crippen molar-refractivity contribution >= 4 is 31.3 Å². The third-order valence-corrected chi connectivity index (χ3v) is 12.4. The Morgan fingerprint density at radius 1 is 0.376 bits per heavy atom. The van der Waals surface area contributed by atoms with Gasteiger partial charge in [-0.1, -0.05) is 0 Å². The fraction of sp³-hybridized carbons (Fsp3) is 0.774. The molecule has 0 aliphatic carbocycles. The zero-order valence-corrected chi connectivity index (χ0v) is 50.2. The summed E-state index contributed by atoms with van der Waals surface area (Å²) in [6.45, 7) is 15.3. The van der Waals surface area contributed by atoms with Crippen molar-refractivity contribution in [3.8, 4) is 11.4 Å². The number of carboxylic acid groups (broad SMARTS) is 2. The SMILES string of the molecule is CCOP(=O)(Cc1nnc(-c2cc(C(=O)NCCOCCOCCOCCOCCOCCOCCOCCOCCC(=O)O)cc(C(=O)NCCOCCOCCOCCOCCOCCOCCOCCOCCC(=O)O)c2)nn1)OCC. The van der Waals surface area contributed by atoms with E-state index in [0.29, 0.717) is 172 Å². The van der Waals surface area contributed by atoms with Gasteiger partial charge in [0.25, 0.3) is 11.8 Å². The highest BCUT2D eigenvalue weighted by Gasteiger charge is 2.27. The van der Waals surface area contributed by atoms with E-state index in [4.69, 9.17) is 95.1 Å². The number of aliphatic carboxylic acids is 2. The first-order chi connectivity index (χ1) is 41.6. The normalized spacial score (nSPS) is 11.6. The lowest BCUT2D eigenvalue weighted by atomic mass is 10.0. The Kier molecular flexibility index (Phi) is 49.5. The number of nitrogens with one attached hydrogen (secondary N) is 2. The number of benzene rings is 1. The van der Waals surface area contributed by atoms with E-state index in [-0.39, 0.29) is 113 Å². The summed E-state index contributed by atoms with van der Waals surface area (Å²) in [5, 5.41) is 39.1. The molecule has 4 N–H and O–H groups in total. The van der Waals surface area contributed by atoms with Crippen molar-refractivity contribution in [1.29, 1.82) is 0 Å². The fourth-order valence-corrected chi connectivity index (χ4v) is 7.94. The highest BCUT2D eigenvalue weighted by Crippen LogP contribution is 2.50. The van der Waals surface area contributed by atoms with Crippen LogP contribution in [0.1, 0.15) is 53.2 Å². The molecule has 488 valence electrons. The molecule has 1 aromatic heterocycles. The molecule has 0 fully saturated rings. The van der Waals surface area contributed by atoms with Gasteiger partial charge in [0.1, 0.15) is 6.16 Å². The molecule has 32 heteroatoms. The van der Waals surface area contributed by atoms with Gasteiger partial charge in [-0.05, 0) is 32.0 Å². The third kappa shape index (κ3) is 45.5. The second-order valence-electron chi connectivity index (χ2n) is 17.1. The molecule has 0 bridgehead atoms. The predicted octanol–water partition coefficient (Wildman–Crippen LogP) is 1.37. The molecular weight excluding hydrogens is 1150 g/mol. The number of carbonyl (C=O) groups is 4. The van der Waals surface area contributed by atoms with Gasteiger partial charge in [-0.2, -0.15) is 0 Å². The summed E-state index contributed by atoms with van der Waals surface area (Å²) in [7, 11) is -3.54. The van der Waals surface area contributed by atoms with Crippen molar-refractivity contribution in [2.45, 2.75) is 32.9 Å². The van der Waals surface area contributed by atoms with Gasteiger partial charge in [-0.25, -0.2) is 0 Å². The van der Waals surface area contributed by atoms with Crippen LogP contribution >= 0.6 is 7.60 Å². The first-order valence-corrected chi connectivity index (χ1v) is 30.1. The number of carbonyl (C=O) groups excluding carboxylic acids is 2. The standard InChI is InChI=1S/C53H91N6O25P/c1-3-83-85(66,84-4-2)44-48-56-58-51(59-57-48)45-41-46(52(64)54-7-11-69-15-19-73-23-27-77-31-35-81-39-37-79-33-29-75-25-21-71-17-13-67-9-5-49(60)61)43-47(42-45)53(65)55-8-12-70-16-20-74-24-28-78-32-36-82-40-38-80-34-30-76-26-22-72-18-14-68-10-6-50(62)63/h41-43H,3-40,44H2,1-2H3,(H,54,64)(H,55,65)(H,60,61)(H,62,63). The molecule has 0 saturated heterocycles. The van der Waals surface area contributed by atoms with Crippen LogP contribution in [0.5, 0.6) is 0 Å². The monoisotopic (exact) mass is 1240 g/mol. The van der Waals surface area contributed by atoms with Crippen molar-refractivity contribution in [3.63, 3.8) is 0 Å². The van der Waals surface area contributed by atoms with Crippen molar-refractivity contribution in [2.75, 3.05) is 238 Å². The van der Waals surface area contributed by atoms with Crippen LogP contribution in [0.3, 0.4) is 0 Å². The first-order valence-electron chi connectivity index (χ1n) is 28.4. The number of hydrogen-bond donors (Lipinski definition) is 4. The largest absolute Gasteiger partial charge is 0.481 e. The quantitative estimate of drug-likeness (QED) is 0.0537. The average Bonchev–Trinajstić information content (AvgIpc) is 3.05. The van der Waals surface area contributed by atoms with Crippen LogP contribution < -0.4 is 10.6 Å². The smallest absolute Gasteiger partial charge is 0.338 e. The Hall–Kier alpha value is -4.45. The van der Waals surface area contributed by atoms with Gasteiger partial charge < -0.3 is 106 Å². The minimum Gasteiger partial charge on any atom is -0.481 e. The molecule has 31 nitrogen and oxygen atoms in total. The van der Waals surface area contributed by atoms with Gasteiger partial charge in [0.15, 0.2) is 5.82 Å².